The number of carbonyl (C=O) groups excluding carboxylic acids is 1. The molecule has 1 aliphatic rings. The number of nitrogens with zero attached hydrogens (tertiary/aromatic N) is 1. The molecular weight excluding hydrogens is 276 g/mol. The number of nitrogen functional groups attached to an aromatic ring is 1. The Hall–Kier alpha value is -1.78. The van der Waals surface area contributed by atoms with E-state index in [9.17, 15) is 4.79 Å². The minimum Gasteiger partial charge on any atom is -0.396 e. The Balaban J connectivity index is 2.08. The fourth-order valence-electron chi connectivity index (χ4n) is 2.14. The number of amides is 1. The molecule has 1 aliphatic carbocycles. The molecule has 6 nitrogen and oxygen atoms in total. The van der Waals surface area contributed by atoms with E-state index in [1.165, 1.54) is 0 Å². The summed E-state index contributed by atoms with van der Waals surface area (Å²) in [6.45, 7) is 1.48. The van der Waals surface area contributed by atoms with E-state index in [1.807, 2.05) is 6.07 Å². The molecule has 0 aliphatic heterocycles. The van der Waals surface area contributed by atoms with Crippen molar-refractivity contribution >= 4 is 27.9 Å². The smallest absolute Gasteiger partial charge is 0.261 e. The van der Waals surface area contributed by atoms with Crippen LogP contribution in [0.15, 0.2) is 0 Å². The number of nitrogens with two attached hydrogens (primary N) is 2. The van der Waals surface area contributed by atoms with Gasteiger partial charge >= 0.3 is 0 Å². The highest BCUT2D eigenvalue weighted by molar-refractivity contribution is 7.18. The summed E-state index contributed by atoms with van der Waals surface area (Å²) in [4.78, 5) is 11.5. The predicted molar refractivity (Wildman–Crippen MR) is 78.6 cm³/mol. The Bertz CT molecular complexity index is 557. The van der Waals surface area contributed by atoms with Crippen molar-refractivity contribution in [3.63, 3.8) is 0 Å². The van der Waals surface area contributed by atoms with E-state index < -0.39 is 5.91 Å². The molecule has 0 radical (unpaired) electrons. The summed E-state index contributed by atoms with van der Waals surface area (Å²) in [5.74, 6) is -0.599. The molecule has 5 N–H and O–H groups in total. The third-order valence-corrected chi connectivity index (χ3v) is 4.88. The van der Waals surface area contributed by atoms with E-state index in [2.05, 4.69) is 5.32 Å². The summed E-state index contributed by atoms with van der Waals surface area (Å²) < 4.78 is 5.11. The highest BCUT2D eigenvalue weighted by Crippen LogP contribution is 2.49. The van der Waals surface area contributed by atoms with Crippen molar-refractivity contribution in [2.75, 3.05) is 31.3 Å². The van der Waals surface area contributed by atoms with Gasteiger partial charge in [-0.2, -0.15) is 5.26 Å². The van der Waals surface area contributed by atoms with Crippen molar-refractivity contribution in [2.24, 2.45) is 11.1 Å². The minimum atomic E-state index is -0.599. The Labute approximate surface area is 121 Å². The van der Waals surface area contributed by atoms with Gasteiger partial charge in [0.15, 0.2) is 0 Å². The van der Waals surface area contributed by atoms with Gasteiger partial charge in [0, 0.05) is 20.3 Å². The zero-order valence-electron chi connectivity index (χ0n) is 11.4. The van der Waals surface area contributed by atoms with Gasteiger partial charge < -0.3 is 21.5 Å². The van der Waals surface area contributed by atoms with Crippen molar-refractivity contribution < 1.29 is 9.53 Å². The molecule has 1 saturated carbocycles. The van der Waals surface area contributed by atoms with Gasteiger partial charge in [-0.1, -0.05) is 0 Å². The molecule has 1 heterocycles. The first-order chi connectivity index (χ1) is 9.53. The normalized spacial score (nSPS) is 15.6. The van der Waals surface area contributed by atoms with E-state index in [0.717, 1.165) is 43.8 Å². The minimum absolute atomic E-state index is 0.175. The van der Waals surface area contributed by atoms with Crippen molar-refractivity contribution in [2.45, 2.75) is 19.3 Å². The quantitative estimate of drug-likeness (QED) is 0.705. The maximum atomic E-state index is 11.3. The molecule has 1 amide bonds. The van der Waals surface area contributed by atoms with Crippen LogP contribution in [-0.4, -0.2) is 26.2 Å². The summed E-state index contributed by atoms with van der Waals surface area (Å²) in [5, 5.41) is 13.0. The van der Waals surface area contributed by atoms with Crippen molar-refractivity contribution in [3.05, 3.63) is 10.4 Å². The van der Waals surface area contributed by atoms with E-state index >= 15 is 0 Å². The number of thiophene rings is 1. The van der Waals surface area contributed by atoms with Crippen LogP contribution < -0.4 is 16.8 Å². The van der Waals surface area contributed by atoms with Gasteiger partial charge in [0.25, 0.3) is 5.91 Å². The number of ether oxygens (including phenoxy) is 1. The molecule has 0 spiro atoms. The van der Waals surface area contributed by atoms with Crippen molar-refractivity contribution in [1.82, 2.24) is 0 Å². The van der Waals surface area contributed by atoms with Gasteiger partial charge in [0.2, 0.25) is 0 Å². The van der Waals surface area contributed by atoms with Gasteiger partial charge in [-0.25, -0.2) is 0 Å². The molecule has 0 bridgehead atoms. The van der Waals surface area contributed by atoms with Crippen LogP contribution in [0.1, 0.15) is 34.5 Å². The lowest BCUT2D eigenvalue weighted by atomic mass is 10.0. The van der Waals surface area contributed by atoms with Gasteiger partial charge in [-0.15, -0.1) is 11.3 Å². The molecule has 0 unspecified atom stereocenters. The van der Waals surface area contributed by atoms with Gasteiger partial charge in [0.05, 0.1) is 5.69 Å². The molecule has 1 aromatic rings. The SMILES string of the molecule is COCCC1(CNc2sc(C(N)=O)c(N)c2C#N)CC1. The van der Waals surface area contributed by atoms with Crippen LogP contribution in [-0.2, 0) is 4.74 Å². The molecule has 0 saturated heterocycles. The highest BCUT2D eigenvalue weighted by atomic mass is 32.1. The van der Waals surface area contributed by atoms with Crippen molar-refractivity contribution in [3.8, 4) is 6.07 Å². The maximum absolute atomic E-state index is 11.3. The third-order valence-electron chi connectivity index (χ3n) is 3.70. The standard InChI is InChI=1S/C13H18N4O2S/c1-19-5-4-13(2-3-13)7-17-12-8(6-14)9(15)10(20-12)11(16)18/h17H,2-5,7,15H2,1H3,(H2,16,18). The van der Waals surface area contributed by atoms with Crippen LogP contribution in [0, 0.1) is 16.7 Å². The van der Waals surface area contributed by atoms with E-state index in [-0.39, 0.29) is 16.0 Å². The summed E-state index contributed by atoms with van der Waals surface area (Å²) in [7, 11) is 1.69. The average molecular weight is 294 g/mol. The second-order valence-corrected chi connectivity index (χ2v) is 6.14. The average Bonchev–Trinajstić information content (AvgIpc) is 3.12. The monoisotopic (exact) mass is 294 g/mol. The van der Waals surface area contributed by atoms with Crippen LogP contribution in [0.3, 0.4) is 0 Å². The second-order valence-electron chi connectivity index (χ2n) is 5.12. The van der Waals surface area contributed by atoms with Gasteiger partial charge in [0.1, 0.15) is 21.5 Å². The molecule has 7 heteroatoms. The number of carbonyl (C=O) groups is 1. The molecule has 1 aromatic heterocycles. The van der Waals surface area contributed by atoms with Gasteiger partial charge in [-0.3, -0.25) is 4.79 Å². The number of nitrogens with one attached hydrogen (secondary N) is 1. The first kappa shape index (κ1) is 14.6. The van der Waals surface area contributed by atoms with Crippen LogP contribution in [0.2, 0.25) is 0 Å². The van der Waals surface area contributed by atoms with Gasteiger partial charge in [-0.05, 0) is 24.7 Å². The molecule has 0 atom stereocenters. The van der Waals surface area contributed by atoms with Crippen molar-refractivity contribution in [1.29, 1.82) is 5.26 Å². The largest absolute Gasteiger partial charge is 0.396 e. The summed E-state index contributed by atoms with van der Waals surface area (Å²) in [5.41, 5.74) is 11.8. The third kappa shape index (κ3) is 2.86. The number of hydrogen-bond acceptors (Lipinski definition) is 6. The van der Waals surface area contributed by atoms with E-state index in [4.69, 9.17) is 21.5 Å². The second kappa shape index (κ2) is 5.69. The molecule has 20 heavy (non-hydrogen) atoms. The van der Waals surface area contributed by atoms with Crippen LogP contribution >= 0.6 is 11.3 Å². The van der Waals surface area contributed by atoms with E-state index in [0.29, 0.717) is 10.6 Å². The lowest BCUT2D eigenvalue weighted by Gasteiger charge is -2.15. The zero-order valence-corrected chi connectivity index (χ0v) is 12.2. The lowest BCUT2D eigenvalue weighted by molar-refractivity contribution is 0.100. The molecule has 0 aromatic carbocycles. The summed E-state index contributed by atoms with van der Waals surface area (Å²) >= 11 is 1.15. The first-order valence-electron chi connectivity index (χ1n) is 6.38. The number of rotatable bonds is 7. The number of nitriles is 1. The molecule has 2 rings (SSSR count). The molecular formula is C13H18N4O2S. The van der Waals surface area contributed by atoms with Crippen LogP contribution in [0.5, 0.6) is 0 Å². The fraction of sp³-hybridized carbons (Fsp3) is 0.538. The maximum Gasteiger partial charge on any atom is 0.261 e. The first-order valence-corrected chi connectivity index (χ1v) is 7.19. The Kier molecular flexibility index (Phi) is 4.16. The molecule has 108 valence electrons. The molecule has 1 fully saturated rings. The summed E-state index contributed by atoms with van der Waals surface area (Å²) in [6, 6.07) is 2.03. The topological polar surface area (TPSA) is 114 Å². The highest BCUT2D eigenvalue weighted by Gasteiger charge is 2.42. The Morgan fingerprint density at radius 3 is 2.80 bits per heavy atom. The number of anilines is 2. The Morgan fingerprint density at radius 2 is 2.30 bits per heavy atom. The number of methoxy groups -OCH3 is 1. The number of hydrogen-bond donors (Lipinski definition) is 3. The summed E-state index contributed by atoms with van der Waals surface area (Å²) in [6.07, 6.45) is 3.28. The lowest BCUT2D eigenvalue weighted by Crippen LogP contribution is -2.17. The van der Waals surface area contributed by atoms with E-state index in [1.54, 1.807) is 7.11 Å². The number of primary amides is 1. The van der Waals surface area contributed by atoms with Crippen LogP contribution in [0.4, 0.5) is 10.7 Å². The Morgan fingerprint density at radius 1 is 1.60 bits per heavy atom. The van der Waals surface area contributed by atoms with Crippen LogP contribution in [0.25, 0.3) is 0 Å². The predicted octanol–water partition coefficient (Wildman–Crippen LogP) is 1.53. The fourth-order valence-corrected chi connectivity index (χ4v) is 3.06. The zero-order chi connectivity index (χ0) is 14.8.